The summed E-state index contributed by atoms with van der Waals surface area (Å²) in [7, 11) is 0. The van der Waals surface area contributed by atoms with Crippen molar-refractivity contribution in [2.75, 3.05) is 0 Å². The molecule has 16 heavy (non-hydrogen) atoms. The summed E-state index contributed by atoms with van der Waals surface area (Å²) in [6.07, 6.45) is 7.18. The number of amides is 1. The van der Waals surface area contributed by atoms with Crippen LogP contribution in [-0.2, 0) is 4.79 Å². The molecule has 0 aliphatic carbocycles. The van der Waals surface area contributed by atoms with Gasteiger partial charge in [-0.25, -0.2) is 0 Å². The molecule has 0 aromatic heterocycles. The summed E-state index contributed by atoms with van der Waals surface area (Å²) in [5.74, 6) is 2.48. The van der Waals surface area contributed by atoms with Crippen molar-refractivity contribution in [2.45, 2.75) is 59.0 Å². The Hall–Kier alpha value is -1.01. The highest BCUT2D eigenvalue weighted by Gasteiger charge is 2.18. The fourth-order valence-electron chi connectivity index (χ4n) is 1.61. The van der Waals surface area contributed by atoms with Crippen molar-refractivity contribution in [1.29, 1.82) is 0 Å². The van der Waals surface area contributed by atoms with Gasteiger partial charge in [-0.3, -0.25) is 4.79 Å². The van der Waals surface area contributed by atoms with Gasteiger partial charge in [0.1, 0.15) is 0 Å². The highest BCUT2D eigenvalue weighted by molar-refractivity contribution is 5.77. The molecule has 0 aliphatic rings. The van der Waals surface area contributed by atoms with Crippen molar-refractivity contribution in [3.63, 3.8) is 0 Å². The summed E-state index contributed by atoms with van der Waals surface area (Å²) in [5, 5.41) is 2.78. The summed E-state index contributed by atoms with van der Waals surface area (Å²) in [4.78, 5) is 11.6. The molecular weight excluding hydrogens is 200 g/mol. The maximum Gasteiger partial charge on any atom is 0.222 e. The van der Waals surface area contributed by atoms with Crippen molar-refractivity contribution in [3.05, 3.63) is 0 Å². The van der Waals surface area contributed by atoms with E-state index >= 15 is 0 Å². The third-order valence-corrected chi connectivity index (χ3v) is 2.27. The predicted octanol–water partition coefficient (Wildman–Crippen LogP) is 1.67. The first-order valence-corrected chi connectivity index (χ1v) is 5.79. The van der Waals surface area contributed by atoms with Crippen molar-refractivity contribution >= 4 is 5.91 Å². The van der Waals surface area contributed by atoms with Gasteiger partial charge in [0.2, 0.25) is 5.91 Å². The van der Waals surface area contributed by atoms with Gasteiger partial charge >= 0.3 is 0 Å². The Morgan fingerprint density at radius 3 is 2.44 bits per heavy atom. The van der Waals surface area contributed by atoms with E-state index in [-0.39, 0.29) is 23.4 Å². The average molecular weight is 224 g/mol. The Labute approximate surface area is 99.2 Å². The molecule has 2 atom stereocenters. The van der Waals surface area contributed by atoms with Gasteiger partial charge in [-0.2, -0.15) is 0 Å². The Kier molecular flexibility index (Phi) is 6.13. The molecule has 0 saturated heterocycles. The molecule has 0 saturated carbocycles. The fourth-order valence-corrected chi connectivity index (χ4v) is 1.61. The second kappa shape index (κ2) is 6.55. The number of hydrogen-bond acceptors (Lipinski definition) is 2. The van der Waals surface area contributed by atoms with E-state index < -0.39 is 0 Å². The van der Waals surface area contributed by atoms with Crippen LogP contribution in [0.15, 0.2) is 0 Å². The first-order chi connectivity index (χ1) is 7.28. The second-order valence-electron chi connectivity index (χ2n) is 5.42. The van der Waals surface area contributed by atoms with Crippen LogP contribution < -0.4 is 11.1 Å². The summed E-state index contributed by atoms with van der Waals surface area (Å²) in [6, 6.07) is -0.274. The molecule has 92 valence electrons. The lowest BCUT2D eigenvalue weighted by Crippen LogP contribution is -2.38. The SMILES string of the molecule is C#CC(CC)NC(=O)CC(N)CC(C)(C)C. The zero-order chi connectivity index (χ0) is 12.8. The van der Waals surface area contributed by atoms with Crippen LogP contribution in [0.2, 0.25) is 0 Å². The van der Waals surface area contributed by atoms with Crippen LogP contribution >= 0.6 is 0 Å². The van der Waals surface area contributed by atoms with Crippen molar-refractivity contribution in [2.24, 2.45) is 11.1 Å². The maximum atomic E-state index is 11.6. The number of hydrogen-bond donors (Lipinski definition) is 2. The molecule has 3 heteroatoms. The molecular formula is C13H24N2O. The summed E-state index contributed by atoms with van der Waals surface area (Å²) < 4.78 is 0. The zero-order valence-corrected chi connectivity index (χ0v) is 10.8. The average Bonchev–Trinajstić information content (AvgIpc) is 2.10. The molecule has 0 rings (SSSR count). The Morgan fingerprint density at radius 2 is 2.06 bits per heavy atom. The summed E-state index contributed by atoms with van der Waals surface area (Å²) in [6.45, 7) is 8.28. The molecule has 0 aromatic rings. The second-order valence-corrected chi connectivity index (χ2v) is 5.42. The van der Waals surface area contributed by atoms with Gasteiger partial charge < -0.3 is 11.1 Å². The molecule has 0 aliphatic heterocycles. The number of nitrogens with one attached hydrogen (secondary N) is 1. The number of nitrogens with two attached hydrogens (primary N) is 1. The van der Waals surface area contributed by atoms with Gasteiger partial charge in [-0.1, -0.05) is 33.6 Å². The van der Waals surface area contributed by atoms with Gasteiger partial charge in [0.15, 0.2) is 0 Å². The Bertz CT molecular complexity index is 260. The standard InChI is InChI=1S/C13H24N2O/c1-6-11(7-2)15-12(16)8-10(14)9-13(3,4)5/h1,10-11H,7-9,14H2,2-5H3,(H,15,16). The van der Waals surface area contributed by atoms with Crippen molar-refractivity contribution in [1.82, 2.24) is 5.32 Å². The lowest BCUT2D eigenvalue weighted by atomic mass is 9.87. The number of carbonyl (C=O) groups excluding carboxylic acids is 1. The van der Waals surface area contributed by atoms with E-state index in [1.54, 1.807) is 0 Å². The van der Waals surface area contributed by atoms with Crippen LogP contribution in [0, 0.1) is 17.8 Å². The fraction of sp³-hybridized carbons (Fsp3) is 0.769. The highest BCUT2D eigenvalue weighted by atomic mass is 16.1. The molecule has 0 heterocycles. The van der Waals surface area contributed by atoms with E-state index in [0.29, 0.717) is 6.42 Å². The first-order valence-electron chi connectivity index (χ1n) is 5.79. The van der Waals surface area contributed by atoms with E-state index in [1.165, 1.54) is 0 Å². The lowest BCUT2D eigenvalue weighted by Gasteiger charge is -2.23. The largest absolute Gasteiger partial charge is 0.342 e. The molecule has 1 amide bonds. The molecule has 3 nitrogen and oxygen atoms in total. The van der Waals surface area contributed by atoms with Gasteiger partial charge in [-0.05, 0) is 18.3 Å². The molecule has 0 spiro atoms. The van der Waals surface area contributed by atoms with Crippen molar-refractivity contribution < 1.29 is 4.79 Å². The van der Waals surface area contributed by atoms with Crippen LogP contribution in [0.1, 0.15) is 47.0 Å². The minimum atomic E-state index is -0.172. The van der Waals surface area contributed by atoms with Crippen LogP contribution in [0.3, 0.4) is 0 Å². The third kappa shape index (κ3) is 7.30. The van der Waals surface area contributed by atoms with Crippen LogP contribution in [-0.4, -0.2) is 18.0 Å². The van der Waals surface area contributed by atoms with Crippen LogP contribution in [0.4, 0.5) is 0 Å². The van der Waals surface area contributed by atoms with Gasteiger partial charge in [-0.15, -0.1) is 6.42 Å². The quantitative estimate of drug-likeness (QED) is 0.698. The summed E-state index contributed by atoms with van der Waals surface area (Å²) in [5.41, 5.74) is 6.06. The van der Waals surface area contributed by atoms with E-state index in [0.717, 1.165) is 12.8 Å². The molecule has 0 bridgehead atoms. The van der Waals surface area contributed by atoms with Crippen LogP contribution in [0.5, 0.6) is 0 Å². The zero-order valence-electron chi connectivity index (χ0n) is 10.8. The molecule has 0 fully saturated rings. The first kappa shape index (κ1) is 15.0. The molecule has 3 N–H and O–H groups in total. The van der Waals surface area contributed by atoms with E-state index in [9.17, 15) is 4.79 Å². The van der Waals surface area contributed by atoms with Gasteiger partial charge in [0, 0.05) is 12.5 Å². The van der Waals surface area contributed by atoms with E-state index in [1.807, 2.05) is 6.92 Å². The topological polar surface area (TPSA) is 55.1 Å². The van der Waals surface area contributed by atoms with Gasteiger partial charge in [0.05, 0.1) is 6.04 Å². The predicted molar refractivity (Wildman–Crippen MR) is 67.7 cm³/mol. The van der Waals surface area contributed by atoms with E-state index in [4.69, 9.17) is 12.2 Å². The lowest BCUT2D eigenvalue weighted by molar-refractivity contribution is -0.121. The third-order valence-electron chi connectivity index (χ3n) is 2.27. The minimum Gasteiger partial charge on any atom is -0.342 e. The van der Waals surface area contributed by atoms with Crippen LogP contribution in [0.25, 0.3) is 0 Å². The van der Waals surface area contributed by atoms with Gasteiger partial charge in [0.25, 0.3) is 0 Å². The maximum absolute atomic E-state index is 11.6. The minimum absolute atomic E-state index is 0.0541. The number of terminal acetylenes is 1. The molecule has 0 aromatic carbocycles. The van der Waals surface area contributed by atoms with E-state index in [2.05, 4.69) is 32.0 Å². The summed E-state index contributed by atoms with van der Waals surface area (Å²) >= 11 is 0. The number of carbonyl (C=O) groups is 1. The Balaban J connectivity index is 4.01. The highest BCUT2D eigenvalue weighted by Crippen LogP contribution is 2.20. The smallest absolute Gasteiger partial charge is 0.222 e. The molecule has 0 radical (unpaired) electrons. The molecule has 2 unspecified atom stereocenters. The Morgan fingerprint density at radius 1 is 1.50 bits per heavy atom. The normalized spacial score (nSPS) is 15.0. The van der Waals surface area contributed by atoms with Crippen molar-refractivity contribution in [3.8, 4) is 12.3 Å². The monoisotopic (exact) mass is 224 g/mol. The number of rotatable bonds is 5.